The van der Waals surface area contributed by atoms with Crippen LogP contribution < -0.4 is 4.90 Å². The van der Waals surface area contributed by atoms with Crippen LogP contribution in [0.3, 0.4) is 0 Å². The third-order valence-corrected chi connectivity index (χ3v) is 2.90. The lowest BCUT2D eigenvalue weighted by atomic mass is 10.2. The second-order valence-electron chi connectivity index (χ2n) is 3.15. The molecule has 76 valence electrons. The number of rotatable bonds is 1. The number of alkyl halides is 1. The first kappa shape index (κ1) is 9.93. The Kier molecular flexibility index (Phi) is 3.03. The Hall–Kier alpha value is -0.610. The molecule has 0 N–H and O–H groups in total. The number of nitrogens with zero attached hydrogens (tertiary/aromatic N) is 1. The van der Waals surface area contributed by atoms with Crippen LogP contribution in [0.2, 0.25) is 0 Å². The minimum Gasteiger partial charge on any atom is -0.375 e. The fourth-order valence-electron chi connectivity index (χ4n) is 1.53. The predicted molar refractivity (Wildman–Crippen MR) is 57.2 cm³/mol. The van der Waals surface area contributed by atoms with E-state index in [2.05, 4.69) is 15.9 Å². The van der Waals surface area contributed by atoms with Crippen molar-refractivity contribution in [3.63, 3.8) is 0 Å². The number of anilines is 1. The van der Waals surface area contributed by atoms with E-state index in [0.717, 1.165) is 10.2 Å². The second kappa shape index (κ2) is 4.28. The highest BCUT2D eigenvalue weighted by Gasteiger charge is 2.23. The first-order valence-corrected chi connectivity index (χ1v) is 5.31. The van der Waals surface area contributed by atoms with E-state index in [0.29, 0.717) is 13.2 Å². The standard InChI is InChI=1S/C10H11BrFNO/c11-8-3-1-2-4-9(8)13-5-6-14-7-10(13)12/h1-4,10H,5-7H2. The van der Waals surface area contributed by atoms with Crippen molar-refractivity contribution in [1.82, 2.24) is 0 Å². The molecule has 0 radical (unpaired) electrons. The van der Waals surface area contributed by atoms with Gasteiger partial charge >= 0.3 is 0 Å². The van der Waals surface area contributed by atoms with E-state index in [9.17, 15) is 4.39 Å². The molecule has 0 spiro atoms. The fraction of sp³-hybridized carbons (Fsp3) is 0.400. The predicted octanol–water partition coefficient (Wildman–Crippen LogP) is 2.58. The SMILES string of the molecule is FC1COCCN1c1ccccc1Br. The Balaban J connectivity index is 2.25. The van der Waals surface area contributed by atoms with Crippen LogP contribution >= 0.6 is 15.9 Å². The Morgan fingerprint density at radius 3 is 2.93 bits per heavy atom. The molecule has 14 heavy (non-hydrogen) atoms. The average molecular weight is 260 g/mol. The molecule has 0 saturated carbocycles. The van der Waals surface area contributed by atoms with Crippen LogP contribution in [0, 0.1) is 0 Å². The lowest BCUT2D eigenvalue weighted by Crippen LogP contribution is -2.43. The summed E-state index contributed by atoms with van der Waals surface area (Å²) in [5, 5.41) is 0. The molecule has 1 unspecified atom stereocenters. The Bertz CT molecular complexity index is 321. The van der Waals surface area contributed by atoms with Gasteiger partial charge in [0.25, 0.3) is 0 Å². The summed E-state index contributed by atoms with van der Waals surface area (Å²) in [6, 6.07) is 7.64. The monoisotopic (exact) mass is 259 g/mol. The zero-order chi connectivity index (χ0) is 9.97. The molecule has 1 saturated heterocycles. The minimum absolute atomic E-state index is 0.154. The molecule has 0 amide bonds. The maximum atomic E-state index is 13.5. The number of hydrogen-bond donors (Lipinski definition) is 0. The van der Waals surface area contributed by atoms with E-state index < -0.39 is 6.30 Å². The van der Waals surface area contributed by atoms with Crippen LogP contribution in [0.25, 0.3) is 0 Å². The summed E-state index contributed by atoms with van der Waals surface area (Å²) in [6.45, 7) is 1.34. The third kappa shape index (κ3) is 1.91. The van der Waals surface area contributed by atoms with Crippen LogP contribution in [-0.4, -0.2) is 26.1 Å². The summed E-state index contributed by atoms with van der Waals surface area (Å²) >= 11 is 3.41. The topological polar surface area (TPSA) is 12.5 Å². The van der Waals surface area contributed by atoms with Crippen LogP contribution in [0.4, 0.5) is 10.1 Å². The molecular weight excluding hydrogens is 249 g/mol. The van der Waals surface area contributed by atoms with Gasteiger partial charge in [-0.2, -0.15) is 0 Å². The minimum atomic E-state index is -1.04. The lowest BCUT2D eigenvalue weighted by molar-refractivity contribution is 0.0496. The van der Waals surface area contributed by atoms with Crippen molar-refractivity contribution < 1.29 is 9.13 Å². The van der Waals surface area contributed by atoms with Crippen LogP contribution in [0.1, 0.15) is 0 Å². The van der Waals surface area contributed by atoms with Crippen molar-refractivity contribution in [2.45, 2.75) is 6.30 Å². The lowest BCUT2D eigenvalue weighted by Gasteiger charge is -2.32. The van der Waals surface area contributed by atoms with Gasteiger partial charge < -0.3 is 9.64 Å². The summed E-state index contributed by atoms with van der Waals surface area (Å²) < 4.78 is 19.5. The van der Waals surface area contributed by atoms with Gasteiger partial charge in [-0.1, -0.05) is 12.1 Å². The van der Waals surface area contributed by atoms with Crippen molar-refractivity contribution in [3.05, 3.63) is 28.7 Å². The number of morpholine rings is 1. The highest BCUT2D eigenvalue weighted by atomic mass is 79.9. The van der Waals surface area contributed by atoms with E-state index in [-0.39, 0.29) is 6.61 Å². The van der Waals surface area contributed by atoms with Gasteiger partial charge in [-0.15, -0.1) is 0 Å². The number of halogens is 2. The van der Waals surface area contributed by atoms with Gasteiger partial charge in [0.05, 0.1) is 18.9 Å². The number of ether oxygens (including phenoxy) is 1. The highest BCUT2D eigenvalue weighted by molar-refractivity contribution is 9.10. The van der Waals surface area contributed by atoms with Crippen molar-refractivity contribution in [3.8, 4) is 0 Å². The average Bonchev–Trinajstić information content (AvgIpc) is 2.20. The quantitative estimate of drug-likeness (QED) is 0.719. The molecule has 1 heterocycles. The molecule has 4 heteroatoms. The largest absolute Gasteiger partial charge is 0.375 e. The van der Waals surface area contributed by atoms with Gasteiger partial charge in [0.1, 0.15) is 0 Å². The summed E-state index contributed by atoms with van der Waals surface area (Å²) in [7, 11) is 0. The van der Waals surface area contributed by atoms with Crippen LogP contribution in [0.5, 0.6) is 0 Å². The molecule has 0 aromatic heterocycles. The highest BCUT2D eigenvalue weighted by Crippen LogP contribution is 2.28. The van der Waals surface area contributed by atoms with Crippen LogP contribution in [0.15, 0.2) is 28.7 Å². The molecule has 0 bridgehead atoms. The molecule has 2 nitrogen and oxygen atoms in total. The van der Waals surface area contributed by atoms with Crippen LogP contribution in [-0.2, 0) is 4.74 Å². The van der Waals surface area contributed by atoms with Crippen molar-refractivity contribution >= 4 is 21.6 Å². The Morgan fingerprint density at radius 1 is 1.43 bits per heavy atom. The second-order valence-corrected chi connectivity index (χ2v) is 4.01. The van der Waals surface area contributed by atoms with E-state index >= 15 is 0 Å². The fourth-order valence-corrected chi connectivity index (χ4v) is 2.04. The summed E-state index contributed by atoms with van der Waals surface area (Å²) in [6.07, 6.45) is -1.04. The molecule has 1 aromatic carbocycles. The smallest absolute Gasteiger partial charge is 0.196 e. The molecule has 2 rings (SSSR count). The van der Waals surface area contributed by atoms with Gasteiger partial charge in [0.15, 0.2) is 6.30 Å². The van der Waals surface area contributed by atoms with Crippen molar-refractivity contribution in [2.75, 3.05) is 24.7 Å². The zero-order valence-corrected chi connectivity index (χ0v) is 9.21. The maximum absolute atomic E-state index is 13.5. The van der Waals surface area contributed by atoms with Gasteiger partial charge in [0.2, 0.25) is 0 Å². The molecule has 1 atom stereocenters. The van der Waals surface area contributed by atoms with E-state index in [4.69, 9.17) is 4.74 Å². The van der Waals surface area contributed by atoms with Gasteiger partial charge in [0, 0.05) is 11.0 Å². The normalized spacial score (nSPS) is 22.4. The summed E-state index contributed by atoms with van der Waals surface area (Å²) in [5.74, 6) is 0. The first-order chi connectivity index (χ1) is 6.79. The number of benzene rings is 1. The molecular formula is C10H11BrFNO. The van der Waals surface area contributed by atoms with Crippen molar-refractivity contribution in [1.29, 1.82) is 0 Å². The molecule has 1 aliphatic heterocycles. The van der Waals surface area contributed by atoms with E-state index in [1.807, 2.05) is 24.3 Å². The molecule has 0 aliphatic carbocycles. The number of hydrogen-bond acceptors (Lipinski definition) is 2. The van der Waals surface area contributed by atoms with Gasteiger partial charge in [-0.25, -0.2) is 4.39 Å². The number of para-hydroxylation sites is 1. The van der Waals surface area contributed by atoms with E-state index in [1.54, 1.807) is 4.90 Å². The molecule has 1 aromatic rings. The Labute approximate surface area is 90.8 Å². The molecule has 1 fully saturated rings. The summed E-state index contributed by atoms with van der Waals surface area (Å²) in [4.78, 5) is 1.72. The van der Waals surface area contributed by atoms with Gasteiger partial charge in [-0.05, 0) is 28.1 Å². The first-order valence-electron chi connectivity index (χ1n) is 4.52. The van der Waals surface area contributed by atoms with E-state index in [1.165, 1.54) is 0 Å². The van der Waals surface area contributed by atoms with Crippen molar-refractivity contribution in [2.24, 2.45) is 0 Å². The Morgan fingerprint density at radius 2 is 2.21 bits per heavy atom. The third-order valence-electron chi connectivity index (χ3n) is 2.23. The summed E-state index contributed by atoms with van der Waals surface area (Å²) in [5.41, 5.74) is 0.892. The maximum Gasteiger partial charge on any atom is 0.196 e. The van der Waals surface area contributed by atoms with Gasteiger partial charge in [-0.3, -0.25) is 0 Å². The zero-order valence-electron chi connectivity index (χ0n) is 7.62. The molecule has 1 aliphatic rings.